The van der Waals surface area contributed by atoms with Gasteiger partial charge >= 0.3 is 0 Å². The van der Waals surface area contributed by atoms with Gasteiger partial charge in [0.05, 0.1) is 20.2 Å². The van der Waals surface area contributed by atoms with Crippen molar-refractivity contribution in [1.29, 1.82) is 0 Å². The van der Waals surface area contributed by atoms with E-state index in [9.17, 15) is 0 Å². The Bertz CT molecular complexity index is 208. The van der Waals surface area contributed by atoms with Crippen LogP contribution in [0.15, 0.2) is 23.8 Å². The zero-order chi connectivity index (χ0) is 10.2. The van der Waals surface area contributed by atoms with Gasteiger partial charge in [-0.3, -0.25) is 0 Å². The zero-order valence-electron chi connectivity index (χ0n) is 9.13. The van der Waals surface area contributed by atoms with E-state index < -0.39 is 0 Å². The summed E-state index contributed by atoms with van der Waals surface area (Å²) in [6.07, 6.45) is 11.7. The summed E-state index contributed by atoms with van der Waals surface area (Å²) in [7, 11) is 2.14. The summed E-state index contributed by atoms with van der Waals surface area (Å²) < 4.78 is 0. The van der Waals surface area contributed by atoms with Gasteiger partial charge in [0.2, 0.25) is 0 Å². The summed E-state index contributed by atoms with van der Waals surface area (Å²) in [5.41, 5.74) is 1.49. The number of hydrogen-bond donors (Lipinski definition) is 2. The van der Waals surface area contributed by atoms with Crippen molar-refractivity contribution >= 4 is 0 Å². The van der Waals surface area contributed by atoms with Gasteiger partial charge in [0.25, 0.3) is 0 Å². The lowest BCUT2D eigenvalue weighted by Crippen LogP contribution is -3.09. The number of hydrogen-bond acceptors (Lipinski definition) is 1. The first-order chi connectivity index (χ1) is 6.83. The number of allylic oxidation sites excluding steroid dienone is 4. The van der Waals surface area contributed by atoms with Crippen molar-refractivity contribution in [2.24, 2.45) is 0 Å². The largest absolute Gasteiger partial charge is 0.391 e. The van der Waals surface area contributed by atoms with E-state index in [0.717, 1.165) is 13.1 Å². The van der Waals surface area contributed by atoms with Gasteiger partial charge in [-0.25, -0.2) is 0 Å². The van der Waals surface area contributed by atoms with E-state index in [1.54, 1.807) is 0 Å². The summed E-state index contributed by atoms with van der Waals surface area (Å²) in [6, 6.07) is 0. The van der Waals surface area contributed by atoms with Gasteiger partial charge in [-0.15, -0.1) is 0 Å². The fourth-order valence-electron chi connectivity index (χ4n) is 1.76. The van der Waals surface area contributed by atoms with Gasteiger partial charge in [0.15, 0.2) is 0 Å². The summed E-state index contributed by atoms with van der Waals surface area (Å²) in [4.78, 5) is 1.42. The molecule has 1 rings (SSSR count). The lowest BCUT2D eigenvalue weighted by atomic mass is 10.0. The van der Waals surface area contributed by atoms with Crippen molar-refractivity contribution in [3.05, 3.63) is 23.8 Å². The lowest BCUT2D eigenvalue weighted by molar-refractivity contribution is -0.880. The smallest absolute Gasteiger partial charge is 0.100 e. The highest BCUT2D eigenvalue weighted by atomic mass is 16.3. The van der Waals surface area contributed by atoms with Crippen LogP contribution in [-0.2, 0) is 0 Å². The van der Waals surface area contributed by atoms with Crippen molar-refractivity contribution in [1.82, 2.24) is 0 Å². The first-order valence-corrected chi connectivity index (χ1v) is 5.60. The van der Waals surface area contributed by atoms with Crippen LogP contribution < -0.4 is 4.90 Å². The van der Waals surface area contributed by atoms with Crippen molar-refractivity contribution < 1.29 is 10.0 Å². The Morgan fingerprint density at radius 3 is 2.86 bits per heavy atom. The summed E-state index contributed by atoms with van der Waals surface area (Å²) in [6.45, 7) is 2.33. The van der Waals surface area contributed by atoms with Gasteiger partial charge in [-0.2, -0.15) is 0 Å². The van der Waals surface area contributed by atoms with E-state index in [1.807, 2.05) is 0 Å². The third-order valence-electron chi connectivity index (χ3n) is 2.68. The SMILES string of the molecule is C[NH+](CCO)CCCC1=CCCC=C1. The first-order valence-electron chi connectivity index (χ1n) is 5.60. The molecule has 0 heterocycles. The van der Waals surface area contributed by atoms with Crippen LogP contribution in [0.5, 0.6) is 0 Å². The van der Waals surface area contributed by atoms with Crippen LogP contribution in [-0.4, -0.2) is 31.9 Å². The molecule has 0 amide bonds. The van der Waals surface area contributed by atoms with E-state index in [1.165, 1.54) is 36.2 Å². The maximum Gasteiger partial charge on any atom is 0.100 e. The van der Waals surface area contributed by atoms with Crippen LogP contribution in [0, 0.1) is 0 Å². The molecule has 80 valence electrons. The molecule has 0 aromatic rings. The molecule has 0 fully saturated rings. The van der Waals surface area contributed by atoms with Gasteiger partial charge in [-0.1, -0.05) is 23.8 Å². The average Bonchev–Trinajstić information content (AvgIpc) is 2.20. The molecule has 0 spiro atoms. The second-order valence-electron chi connectivity index (χ2n) is 4.04. The standard InChI is InChI=1S/C12H21NO/c1-13(10-11-14)9-5-8-12-6-3-2-4-7-12/h3,6-7,14H,2,4-5,8-11H2,1H3/p+1. The molecule has 2 N–H and O–H groups in total. The quantitative estimate of drug-likeness (QED) is 0.637. The van der Waals surface area contributed by atoms with Crippen molar-refractivity contribution in [2.75, 3.05) is 26.7 Å². The Labute approximate surface area is 86.9 Å². The molecule has 14 heavy (non-hydrogen) atoms. The predicted molar refractivity (Wildman–Crippen MR) is 59.4 cm³/mol. The first kappa shape index (κ1) is 11.5. The van der Waals surface area contributed by atoms with Crippen LogP contribution in [0.3, 0.4) is 0 Å². The van der Waals surface area contributed by atoms with Crippen molar-refractivity contribution in [2.45, 2.75) is 25.7 Å². The van der Waals surface area contributed by atoms with Gasteiger partial charge in [-0.05, 0) is 19.3 Å². The van der Waals surface area contributed by atoms with Gasteiger partial charge in [0, 0.05) is 6.42 Å². The minimum absolute atomic E-state index is 0.300. The highest BCUT2D eigenvalue weighted by Crippen LogP contribution is 2.13. The lowest BCUT2D eigenvalue weighted by Gasteiger charge is -2.12. The number of nitrogens with one attached hydrogen (secondary N) is 1. The molecule has 1 atom stereocenters. The Morgan fingerprint density at radius 2 is 2.21 bits per heavy atom. The van der Waals surface area contributed by atoms with Crippen LogP contribution >= 0.6 is 0 Å². The molecular weight excluding hydrogens is 174 g/mol. The summed E-state index contributed by atoms with van der Waals surface area (Å²) in [5.74, 6) is 0. The Morgan fingerprint density at radius 1 is 1.36 bits per heavy atom. The van der Waals surface area contributed by atoms with Crippen LogP contribution in [0.4, 0.5) is 0 Å². The summed E-state index contributed by atoms with van der Waals surface area (Å²) >= 11 is 0. The number of aliphatic hydroxyl groups excluding tert-OH is 1. The van der Waals surface area contributed by atoms with E-state index >= 15 is 0 Å². The second kappa shape index (κ2) is 6.80. The molecule has 2 nitrogen and oxygen atoms in total. The maximum atomic E-state index is 8.74. The zero-order valence-corrected chi connectivity index (χ0v) is 9.13. The summed E-state index contributed by atoms with van der Waals surface area (Å²) in [5, 5.41) is 8.74. The predicted octanol–water partition coefficient (Wildman–Crippen LogP) is 0.550. The third kappa shape index (κ3) is 4.58. The molecule has 1 aliphatic carbocycles. The molecule has 0 saturated heterocycles. The normalized spacial score (nSPS) is 18.0. The average molecular weight is 196 g/mol. The van der Waals surface area contributed by atoms with Gasteiger partial charge < -0.3 is 10.0 Å². The Hall–Kier alpha value is -0.600. The molecule has 0 aromatic carbocycles. The minimum Gasteiger partial charge on any atom is -0.391 e. The van der Waals surface area contributed by atoms with Gasteiger partial charge in [0.1, 0.15) is 6.54 Å². The molecule has 2 heteroatoms. The number of rotatable bonds is 6. The molecule has 0 bridgehead atoms. The highest BCUT2D eigenvalue weighted by Gasteiger charge is 2.02. The molecule has 1 unspecified atom stereocenters. The fourth-order valence-corrected chi connectivity index (χ4v) is 1.76. The van der Waals surface area contributed by atoms with Crippen LogP contribution in [0.2, 0.25) is 0 Å². The third-order valence-corrected chi connectivity index (χ3v) is 2.68. The molecule has 0 saturated carbocycles. The van der Waals surface area contributed by atoms with E-state index in [0.29, 0.717) is 6.61 Å². The monoisotopic (exact) mass is 196 g/mol. The van der Waals surface area contributed by atoms with Crippen molar-refractivity contribution in [3.63, 3.8) is 0 Å². The van der Waals surface area contributed by atoms with E-state index in [-0.39, 0.29) is 0 Å². The maximum absolute atomic E-state index is 8.74. The van der Waals surface area contributed by atoms with Crippen LogP contribution in [0.25, 0.3) is 0 Å². The molecular formula is C12H22NO+. The highest BCUT2D eigenvalue weighted by molar-refractivity contribution is 5.21. The number of likely N-dealkylation sites (N-methyl/N-ethyl adjacent to an activating group) is 1. The van der Waals surface area contributed by atoms with Crippen molar-refractivity contribution in [3.8, 4) is 0 Å². The fraction of sp³-hybridized carbons (Fsp3) is 0.667. The van der Waals surface area contributed by atoms with Crippen LogP contribution in [0.1, 0.15) is 25.7 Å². The second-order valence-corrected chi connectivity index (χ2v) is 4.04. The minimum atomic E-state index is 0.300. The number of quaternary nitrogens is 1. The Balaban J connectivity index is 2.08. The topological polar surface area (TPSA) is 24.7 Å². The molecule has 0 radical (unpaired) electrons. The Kier molecular flexibility index (Phi) is 5.57. The number of aliphatic hydroxyl groups is 1. The van der Waals surface area contributed by atoms with E-state index in [4.69, 9.17) is 5.11 Å². The molecule has 0 aliphatic heterocycles. The molecule has 0 aromatic heterocycles. The van der Waals surface area contributed by atoms with E-state index in [2.05, 4.69) is 25.3 Å². The molecule has 1 aliphatic rings.